The van der Waals surface area contributed by atoms with Gasteiger partial charge in [-0.3, -0.25) is 0 Å². The fraction of sp³-hybridized carbons (Fsp3) is 0.647. The molecule has 1 aliphatic carbocycles. The SMILES string of the molecule is CCCNCC(c1cccc(C(F)(F)F)c1)C1CCCC1. The van der Waals surface area contributed by atoms with Crippen LogP contribution in [0.15, 0.2) is 24.3 Å². The number of alkyl halides is 3. The summed E-state index contributed by atoms with van der Waals surface area (Å²) in [5, 5.41) is 3.39. The topological polar surface area (TPSA) is 12.0 Å². The first-order chi connectivity index (χ1) is 10.0. The molecule has 0 heterocycles. The summed E-state index contributed by atoms with van der Waals surface area (Å²) in [6.07, 6.45) is 1.46. The zero-order chi connectivity index (χ0) is 15.3. The smallest absolute Gasteiger partial charge is 0.316 e. The second-order valence-corrected chi connectivity index (χ2v) is 5.98. The van der Waals surface area contributed by atoms with Gasteiger partial charge in [0.2, 0.25) is 0 Å². The zero-order valence-electron chi connectivity index (χ0n) is 12.5. The molecule has 0 spiro atoms. The molecule has 1 aromatic rings. The summed E-state index contributed by atoms with van der Waals surface area (Å²) in [5.41, 5.74) is 0.304. The minimum absolute atomic E-state index is 0.196. The standard InChI is InChI=1S/C17H24F3N/c1-2-10-21-12-16(13-6-3-4-7-13)14-8-5-9-15(11-14)17(18,19)20/h5,8-9,11,13,16,21H,2-4,6-7,10,12H2,1H3. The number of hydrogen-bond acceptors (Lipinski definition) is 1. The highest BCUT2D eigenvalue weighted by Crippen LogP contribution is 2.38. The van der Waals surface area contributed by atoms with Crippen LogP contribution in [0.4, 0.5) is 13.2 Å². The summed E-state index contributed by atoms with van der Waals surface area (Å²) in [6.45, 7) is 3.80. The molecule has 1 fully saturated rings. The Bertz CT molecular complexity index is 436. The maximum atomic E-state index is 12.9. The molecular weight excluding hydrogens is 275 g/mol. The Morgan fingerprint density at radius 1 is 1.24 bits per heavy atom. The lowest BCUT2D eigenvalue weighted by molar-refractivity contribution is -0.137. The Hall–Kier alpha value is -1.03. The predicted molar refractivity (Wildman–Crippen MR) is 79.3 cm³/mol. The summed E-state index contributed by atoms with van der Waals surface area (Å²) < 4.78 is 38.7. The molecule has 2 rings (SSSR count). The third-order valence-corrected chi connectivity index (χ3v) is 4.40. The first-order valence-electron chi connectivity index (χ1n) is 7.90. The fourth-order valence-corrected chi connectivity index (χ4v) is 3.30. The Balaban J connectivity index is 2.18. The lowest BCUT2D eigenvalue weighted by atomic mass is 9.84. The maximum Gasteiger partial charge on any atom is 0.416 e. The van der Waals surface area contributed by atoms with Crippen molar-refractivity contribution in [3.63, 3.8) is 0 Å². The number of hydrogen-bond donors (Lipinski definition) is 1. The van der Waals surface area contributed by atoms with Crippen LogP contribution in [0.2, 0.25) is 0 Å². The molecule has 21 heavy (non-hydrogen) atoms. The molecule has 1 aromatic carbocycles. The monoisotopic (exact) mass is 299 g/mol. The number of rotatable bonds is 6. The normalized spacial score (nSPS) is 18.1. The molecule has 0 aliphatic heterocycles. The quantitative estimate of drug-likeness (QED) is 0.731. The van der Waals surface area contributed by atoms with Crippen molar-refractivity contribution in [3.05, 3.63) is 35.4 Å². The van der Waals surface area contributed by atoms with Gasteiger partial charge < -0.3 is 5.32 Å². The van der Waals surface area contributed by atoms with E-state index in [2.05, 4.69) is 12.2 Å². The minimum Gasteiger partial charge on any atom is -0.316 e. The van der Waals surface area contributed by atoms with E-state index in [0.717, 1.165) is 44.0 Å². The summed E-state index contributed by atoms with van der Waals surface area (Å²) in [7, 11) is 0. The molecule has 1 unspecified atom stereocenters. The van der Waals surface area contributed by atoms with Crippen LogP contribution in [0.3, 0.4) is 0 Å². The van der Waals surface area contributed by atoms with Gasteiger partial charge in [-0.1, -0.05) is 38.0 Å². The van der Waals surface area contributed by atoms with Crippen LogP contribution in [0.1, 0.15) is 56.1 Å². The molecule has 1 saturated carbocycles. The molecule has 0 saturated heterocycles. The molecule has 1 atom stereocenters. The van der Waals surface area contributed by atoms with Crippen molar-refractivity contribution in [2.24, 2.45) is 5.92 Å². The number of benzene rings is 1. The summed E-state index contributed by atoms with van der Waals surface area (Å²) in [6, 6.07) is 5.90. The van der Waals surface area contributed by atoms with Crippen molar-refractivity contribution >= 4 is 0 Å². The van der Waals surface area contributed by atoms with Crippen LogP contribution in [0.5, 0.6) is 0 Å². The molecule has 1 aliphatic rings. The van der Waals surface area contributed by atoms with Gasteiger partial charge >= 0.3 is 6.18 Å². The largest absolute Gasteiger partial charge is 0.416 e. The van der Waals surface area contributed by atoms with Crippen molar-refractivity contribution in [2.75, 3.05) is 13.1 Å². The summed E-state index contributed by atoms with van der Waals surface area (Å²) in [4.78, 5) is 0. The van der Waals surface area contributed by atoms with Crippen LogP contribution in [0, 0.1) is 5.92 Å². The molecule has 4 heteroatoms. The van der Waals surface area contributed by atoms with Crippen molar-refractivity contribution in [2.45, 2.75) is 51.1 Å². The third-order valence-electron chi connectivity index (χ3n) is 4.40. The minimum atomic E-state index is -4.26. The lowest BCUT2D eigenvalue weighted by Crippen LogP contribution is -2.26. The van der Waals surface area contributed by atoms with Crippen molar-refractivity contribution in [1.29, 1.82) is 0 Å². The van der Waals surface area contributed by atoms with Gasteiger partial charge in [-0.25, -0.2) is 0 Å². The van der Waals surface area contributed by atoms with Gasteiger partial charge in [-0.05, 0) is 49.3 Å². The first-order valence-corrected chi connectivity index (χ1v) is 7.90. The highest BCUT2D eigenvalue weighted by atomic mass is 19.4. The molecule has 1 nitrogen and oxygen atoms in total. The van der Waals surface area contributed by atoms with E-state index in [1.165, 1.54) is 18.9 Å². The van der Waals surface area contributed by atoms with Gasteiger partial charge in [0.05, 0.1) is 5.56 Å². The van der Waals surface area contributed by atoms with E-state index in [4.69, 9.17) is 0 Å². The molecular formula is C17H24F3N. The van der Waals surface area contributed by atoms with E-state index in [-0.39, 0.29) is 5.92 Å². The van der Waals surface area contributed by atoms with Crippen LogP contribution in [-0.2, 0) is 6.18 Å². The van der Waals surface area contributed by atoms with Gasteiger partial charge in [0.1, 0.15) is 0 Å². The summed E-state index contributed by atoms with van der Waals surface area (Å²) >= 11 is 0. The highest BCUT2D eigenvalue weighted by Gasteiger charge is 2.32. The first kappa shape index (κ1) is 16.3. The number of halogens is 3. The van der Waals surface area contributed by atoms with Crippen LogP contribution in [0.25, 0.3) is 0 Å². The molecule has 1 N–H and O–H groups in total. The molecule has 0 bridgehead atoms. The second kappa shape index (κ2) is 7.30. The van der Waals surface area contributed by atoms with Gasteiger partial charge in [0.15, 0.2) is 0 Å². The average Bonchev–Trinajstić information content (AvgIpc) is 2.97. The van der Waals surface area contributed by atoms with E-state index < -0.39 is 11.7 Å². The Morgan fingerprint density at radius 2 is 1.95 bits per heavy atom. The van der Waals surface area contributed by atoms with Crippen LogP contribution >= 0.6 is 0 Å². The molecule has 0 aromatic heterocycles. The molecule has 0 amide bonds. The zero-order valence-corrected chi connectivity index (χ0v) is 12.5. The van der Waals surface area contributed by atoms with Gasteiger partial charge in [-0.15, -0.1) is 0 Å². The Morgan fingerprint density at radius 3 is 2.57 bits per heavy atom. The van der Waals surface area contributed by atoms with E-state index in [9.17, 15) is 13.2 Å². The van der Waals surface area contributed by atoms with Gasteiger partial charge in [0, 0.05) is 6.54 Å². The predicted octanol–water partition coefficient (Wildman–Crippen LogP) is 4.98. The lowest BCUT2D eigenvalue weighted by Gasteiger charge is -2.25. The van der Waals surface area contributed by atoms with Gasteiger partial charge in [0.25, 0.3) is 0 Å². The van der Waals surface area contributed by atoms with Crippen molar-refractivity contribution in [1.82, 2.24) is 5.32 Å². The van der Waals surface area contributed by atoms with E-state index in [1.54, 1.807) is 6.07 Å². The molecule has 118 valence electrons. The Kier molecular flexibility index (Phi) is 5.68. The highest BCUT2D eigenvalue weighted by molar-refractivity contribution is 5.29. The third kappa shape index (κ3) is 4.47. The molecule has 0 radical (unpaired) electrons. The average molecular weight is 299 g/mol. The number of nitrogens with one attached hydrogen (secondary N) is 1. The van der Waals surface area contributed by atoms with E-state index in [0.29, 0.717) is 5.92 Å². The van der Waals surface area contributed by atoms with Crippen molar-refractivity contribution in [3.8, 4) is 0 Å². The second-order valence-electron chi connectivity index (χ2n) is 5.98. The van der Waals surface area contributed by atoms with E-state index in [1.807, 2.05) is 6.07 Å². The van der Waals surface area contributed by atoms with Crippen molar-refractivity contribution < 1.29 is 13.2 Å². The van der Waals surface area contributed by atoms with Gasteiger partial charge in [-0.2, -0.15) is 13.2 Å². The fourth-order valence-electron chi connectivity index (χ4n) is 3.30. The Labute approximate surface area is 124 Å². The maximum absolute atomic E-state index is 12.9. The van der Waals surface area contributed by atoms with Crippen LogP contribution in [-0.4, -0.2) is 13.1 Å². The van der Waals surface area contributed by atoms with Crippen LogP contribution < -0.4 is 5.32 Å². The van der Waals surface area contributed by atoms with E-state index >= 15 is 0 Å². The summed E-state index contributed by atoms with van der Waals surface area (Å²) in [5.74, 6) is 0.708.